The van der Waals surface area contributed by atoms with Crippen molar-refractivity contribution in [1.82, 2.24) is 24.7 Å². The Morgan fingerprint density at radius 2 is 2.20 bits per heavy atom. The summed E-state index contributed by atoms with van der Waals surface area (Å²) in [6, 6.07) is 0. The zero-order valence-electron chi connectivity index (χ0n) is 11.1. The van der Waals surface area contributed by atoms with Gasteiger partial charge in [-0.3, -0.25) is 14.8 Å². The van der Waals surface area contributed by atoms with Gasteiger partial charge in [-0.15, -0.1) is 0 Å². The van der Waals surface area contributed by atoms with Crippen molar-refractivity contribution in [3.8, 4) is 0 Å². The van der Waals surface area contributed by atoms with E-state index in [1.165, 1.54) is 6.20 Å². The van der Waals surface area contributed by atoms with Gasteiger partial charge in [0.2, 0.25) is 11.8 Å². The van der Waals surface area contributed by atoms with Crippen LogP contribution < -0.4 is 10.6 Å². The van der Waals surface area contributed by atoms with Crippen molar-refractivity contribution in [2.24, 2.45) is 7.05 Å². The second-order valence-electron chi connectivity index (χ2n) is 3.90. The highest BCUT2D eigenvalue weighted by Gasteiger charge is 2.17. The van der Waals surface area contributed by atoms with E-state index in [1.807, 2.05) is 6.92 Å². The van der Waals surface area contributed by atoms with Crippen LogP contribution in [0.3, 0.4) is 0 Å². The van der Waals surface area contributed by atoms with Gasteiger partial charge in [0, 0.05) is 13.6 Å². The topological polar surface area (TPSA) is 124 Å². The Morgan fingerprint density at radius 1 is 1.40 bits per heavy atom. The van der Waals surface area contributed by atoms with Gasteiger partial charge in [-0.1, -0.05) is 0 Å². The van der Waals surface area contributed by atoms with Gasteiger partial charge < -0.3 is 10.6 Å². The molecule has 0 amide bonds. The van der Waals surface area contributed by atoms with E-state index in [9.17, 15) is 10.1 Å². The van der Waals surface area contributed by atoms with Crippen molar-refractivity contribution in [3.63, 3.8) is 0 Å². The van der Waals surface area contributed by atoms with Crippen LogP contribution in [0.1, 0.15) is 12.7 Å². The lowest BCUT2D eigenvalue weighted by Crippen LogP contribution is -2.10. The lowest BCUT2D eigenvalue weighted by molar-refractivity contribution is -0.384. The summed E-state index contributed by atoms with van der Waals surface area (Å²) in [7, 11) is 1.74. The number of nitrogens with zero attached hydrogens (tertiary/aromatic N) is 6. The van der Waals surface area contributed by atoms with Crippen LogP contribution >= 0.6 is 0 Å². The fraction of sp³-hybridized carbons (Fsp3) is 0.400. The maximum Gasteiger partial charge on any atom is 0.329 e. The van der Waals surface area contributed by atoms with E-state index in [0.29, 0.717) is 18.3 Å². The standard InChI is InChI=1S/C10H14N8O2/c1-3-11-10-13-4-7(18(19)20)9(15-10)12-5-8-14-6-17(2)16-8/h4,6H,3,5H2,1-2H3,(H2,11,12,13,15). The third-order valence-corrected chi connectivity index (χ3v) is 2.36. The number of nitro groups is 1. The highest BCUT2D eigenvalue weighted by atomic mass is 16.6. The second-order valence-corrected chi connectivity index (χ2v) is 3.90. The van der Waals surface area contributed by atoms with Crippen molar-refractivity contribution >= 4 is 17.5 Å². The van der Waals surface area contributed by atoms with E-state index < -0.39 is 4.92 Å². The van der Waals surface area contributed by atoms with Gasteiger partial charge in [-0.25, -0.2) is 9.97 Å². The predicted molar refractivity (Wildman–Crippen MR) is 71.2 cm³/mol. The lowest BCUT2D eigenvalue weighted by atomic mass is 10.4. The van der Waals surface area contributed by atoms with Gasteiger partial charge in [0.15, 0.2) is 5.82 Å². The normalized spacial score (nSPS) is 10.3. The van der Waals surface area contributed by atoms with Crippen LogP contribution in [0, 0.1) is 10.1 Å². The molecule has 0 fully saturated rings. The molecule has 0 saturated carbocycles. The molecule has 0 atom stereocenters. The molecule has 0 saturated heterocycles. The molecule has 10 heteroatoms. The molecule has 0 aliphatic rings. The Labute approximate surface area is 114 Å². The molecule has 0 aliphatic heterocycles. The fourth-order valence-corrected chi connectivity index (χ4v) is 1.51. The van der Waals surface area contributed by atoms with Crippen LogP contribution in [-0.2, 0) is 13.6 Å². The second kappa shape index (κ2) is 5.91. The van der Waals surface area contributed by atoms with Crippen molar-refractivity contribution in [2.45, 2.75) is 13.5 Å². The summed E-state index contributed by atoms with van der Waals surface area (Å²) >= 11 is 0. The minimum absolute atomic E-state index is 0.133. The summed E-state index contributed by atoms with van der Waals surface area (Å²) in [6.45, 7) is 2.75. The third-order valence-electron chi connectivity index (χ3n) is 2.36. The van der Waals surface area contributed by atoms with Gasteiger partial charge in [0.05, 0.1) is 11.5 Å². The SMILES string of the molecule is CCNc1ncc([N+](=O)[O-])c(NCc2ncn(C)n2)n1. The largest absolute Gasteiger partial charge is 0.357 e. The van der Waals surface area contributed by atoms with Gasteiger partial charge >= 0.3 is 5.69 Å². The highest BCUT2D eigenvalue weighted by molar-refractivity contribution is 5.56. The van der Waals surface area contributed by atoms with Crippen molar-refractivity contribution in [3.05, 3.63) is 28.5 Å². The Hall–Kier alpha value is -2.78. The van der Waals surface area contributed by atoms with Crippen LogP contribution in [-0.4, -0.2) is 36.2 Å². The van der Waals surface area contributed by atoms with Crippen molar-refractivity contribution in [2.75, 3.05) is 17.2 Å². The van der Waals surface area contributed by atoms with Gasteiger partial charge in [0.25, 0.3) is 0 Å². The van der Waals surface area contributed by atoms with Crippen molar-refractivity contribution < 1.29 is 4.92 Å². The van der Waals surface area contributed by atoms with Crippen molar-refractivity contribution in [1.29, 1.82) is 0 Å². The van der Waals surface area contributed by atoms with Gasteiger partial charge in [-0.05, 0) is 6.92 Å². The summed E-state index contributed by atoms with van der Waals surface area (Å²) in [4.78, 5) is 22.4. The molecular weight excluding hydrogens is 264 g/mol. The molecule has 0 bridgehead atoms. The Balaban J connectivity index is 2.18. The molecule has 0 spiro atoms. The Bertz CT molecular complexity index is 611. The number of hydrogen-bond donors (Lipinski definition) is 2. The number of nitrogens with one attached hydrogen (secondary N) is 2. The molecule has 2 N–H and O–H groups in total. The number of aromatic nitrogens is 5. The summed E-state index contributed by atoms with van der Waals surface area (Å²) in [5.74, 6) is 0.980. The molecule has 0 aromatic carbocycles. The Kier molecular flexibility index (Phi) is 4.03. The average Bonchev–Trinajstić information content (AvgIpc) is 2.82. The minimum atomic E-state index is -0.538. The fourth-order valence-electron chi connectivity index (χ4n) is 1.51. The molecule has 0 unspecified atom stereocenters. The van der Waals surface area contributed by atoms with E-state index >= 15 is 0 Å². The quantitative estimate of drug-likeness (QED) is 0.580. The maximum atomic E-state index is 10.9. The molecule has 106 valence electrons. The molecular formula is C10H14N8O2. The van der Waals surface area contributed by atoms with E-state index in [1.54, 1.807) is 18.1 Å². The Morgan fingerprint density at radius 3 is 2.80 bits per heavy atom. The summed E-state index contributed by atoms with van der Waals surface area (Å²) in [5, 5.41) is 20.8. The predicted octanol–water partition coefficient (Wildman–Crippen LogP) is 0.557. The van der Waals surface area contributed by atoms with Crippen LogP contribution in [0.4, 0.5) is 17.5 Å². The van der Waals surface area contributed by atoms with Gasteiger partial charge in [0.1, 0.15) is 12.5 Å². The molecule has 0 aliphatic carbocycles. The van der Waals surface area contributed by atoms with E-state index in [4.69, 9.17) is 0 Å². The first kappa shape index (κ1) is 13.6. The lowest BCUT2D eigenvalue weighted by Gasteiger charge is -2.06. The van der Waals surface area contributed by atoms with E-state index in [2.05, 4.69) is 30.7 Å². The monoisotopic (exact) mass is 278 g/mol. The number of aryl methyl sites for hydroxylation is 1. The molecule has 2 aromatic rings. The molecule has 10 nitrogen and oxygen atoms in total. The zero-order valence-corrected chi connectivity index (χ0v) is 11.1. The smallest absolute Gasteiger partial charge is 0.329 e. The highest BCUT2D eigenvalue weighted by Crippen LogP contribution is 2.22. The third kappa shape index (κ3) is 3.16. The molecule has 20 heavy (non-hydrogen) atoms. The molecule has 0 radical (unpaired) electrons. The first-order chi connectivity index (χ1) is 9.60. The first-order valence-electron chi connectivity index (χ1n) is 5.94. The summed E-state index contributed by atoms with van der Waals surface area (Å²) in [6.07, 6.45) is 2.72. The summed E-state index contributed by atoms with van der Waals surface area (Å²) in [5.41, 5.74) is -0.192. The molecule has 2 aromatic heterocycles. The van der Waals surface area contributed by atoms with Crippen LogP contribution in [0.15, 0.2) is 12.5 Å². The van der Waals surface area contributed by atoms with E-state index in [0.717, 1.165) is 0 Å². The van der Waals surface area contributed by atoms with E-state index in [-0.39, 0.29) is 18.1 Å². The number of rotatable bonds is 6. The van der Waals surface area contributed by atoms with Crippen LogP contribution in [0.25, 0.3) is 0 Å². The summed E-state index contributed by atoms with van der Waals surface area (Å²) < 4.78 is 1.55. The first-order valence-corrected chi connectivity index (χ1v) is 5.94. The van der Waals surface area contributed by atoms with Gasteiger partial charge in [-0.2, -0.15) is 10.1 Å². The van der Waals surface area contributed by atoms with Crippen LogP contribution in [0.2, 0.25) is 0 Å². The maximum absolute atomic E-state index is 10.9. The number of anilines is 2. The van der Waals surface area contributed by atoms with Crippen LogP contribution in [0.5, 0.6) is 0 Å². The number of hydrogen-bond acceptors (Lipinski definition) is 8. The molecule has 2 rings (SSSR count). The molecule has 2 heterocycles. The minimum Gasteiger partial charge on any atom is -0.357 e. The average molecular weight is 278 g/mol. The zero-order chi connectivity index (χ0) is 14.5.